The number of rotatable bonds is 3. The summed E-state index contributed by atoms with van der Waals surface area (Å²) in [5.74, 6) is 0.713. The molecule has 0 aliphatic carbocycles. The molecule has 0 saturated heterocycles. The number of carbonyl (C=O) groups is 1. The fourth-order valence-electron chi connectivity index (χ4n) is 4.01. The van der Waals surface area contributed by atoms with Crippen molar-refractivity contribution in [2.24, 2.45) is 0 Å². The first kappa shape index (κ1) is 19.3. The van der Waals surface area contributed by atoms with Gasteiger partial charge in [0.2, 0.25) is 0 Å². The van der Waals surface area contributed by atoms with E-state index in [1.54, 1.807) is 7.11 Å². The first-order valence-corrected chi connectivity index (χ1v) is 9.93. The zero-order chi connectivity index (χ0) is 20.6. The van der Waals surface area contributed by atoms with Gasteiger partial charge in [0, 0.05) is 11.5 Å². The van der Waals surface area contributed by atoms with Gasteiger partial charge in [-0.1, -0.05) is 75.4 Å². The molecule has 0 amide bonds. The molecule has 1 aliphatic rings. The number of fused-ring (bicyclic) bond motifs is 1. The van der Waals surface area contributed by atoms with Gasteiger partial charge in [-0.15, -0.1) is 0 Å². The molecule has 148 valence electrons. The van der Waals surface area contributed by atoms with Crippen LogP contribution in [0, 0.1) is 0 Å². The summed E-state index contributed by atoms with van der Waals surface area (Å²) in [5.41, 5.74) is 4.31. The van der Waals surface area contributed by atoms with Gasteiger partial charge < -0.3 is 9.47 Å². The van der Waals surface area contributed by atoms with Crippen LogP contribution >= 0.6 is 0 Å². The maximum Gasteiger partial charge on any atom is 0.319 e. The van der Waals surface area contributed by atoms with Crippen LogP contribution in [0.5, 0.6) is 11.5 Å². The third-order valence-corrected chi connectivity index (χ3v) is 5.64. The quantitative estimate of drug-likeness (QED) is 0.420. The average Bonchev–Trinajstić information content (AvgIpc) is 2.72. The Labute approximate surface area is 172 Å². The smallest absolute Gasteiger partial charge is 0.319 e. The number of methoxy groups -OCH3 is 1. The van der Waals surface area contributed by atoms with Crippen LogP contribution in [0.25, 0.3) is 0 Å². The van der Waals surface area contributed by atoms with E-state index in [4.69, 9.17) is 9.47 Å². The Morgan fingerprint density at radius 3 is 2.10 bits per heavy atom. The fraction of sp³-hybridized carbons (Fsp3) is 0.269. The molecule has 1 aliphatic heterocycles. The topological polar surface area (TPSA) is 35.5 Å². The summed E-state index contributed by atoms with van der Waals surface area (Å²) < 4.78 is 11.1. The predicted octanol–water partition coefficient (Wildman–Crippen LogP) is 5.83. The second-order valence-electron chi connectivity index (χ2n) is 8.56. The number of benzene rings is 3. The number of ether oxygens (including phenoxy) is 2. The average molecular weight is 386 g/mol. The van der Waals surface area contributed by atoms with Crippen LogP contribution in [0.15, 0.2) is 72.8 Å². The van der Waals surface area contributed by atoms with Gasteiger partial charge in [0.25, 0.3) is 0 Å². The summed E-state index contributed by atoms with van der Waals surface area (Å²) in [6.45, 7) is 6.59. The van der Waals surface area contributed by atoms with E-state index in [0.717, 1.165) is 22.4 Å². The minimum Gasteiger partial charge on any atom is -0.497 e. The third-order valence-electron chi connectivity index (χ3n) is 5.64. The summed E-state index contributed by atoms with van der Waals surface area (Å²) in [6, 6.07) is 24.1. The second kappa shape index (κ2) is 7.40. The van der Waals surface area contributed by atoms with Gasteiger partial charge in [0.1, 0.15) is 11.5 Å². The van der Waals surface area contributed by atoms with E-state index >= 15 is 0 Å². The molecule has 0 saturated carbocycles. The van der Waals surface area contributed by atoms with Crippen LogP contribution in [0.3, 0.4) is 0 Å². The molecule has 1 heterocycles. The molecule has 0 spiro atoms. The van der Waals surface area contributed by atoms with Gasteiger partial charge in [-0.05, 0) is 40.3 Å². The highest BCUT2D eigenvalue weighted by molar-refractivity contribution is 5.85. The molecule has 0 radical (unpaired) electrons. The molecule has 4 rings (SSSR count). The summed E-state index contributed by atoms with van der Waals surface area (Å²) in [5, 5.41) is 0. The number of esters is 1. The molecule has 3 aromatic rings. The number of carbonyl (C=O) groups excluding carboxylic acids is 1. The monoisotopic (exact) mass is 386 g/mol. The van der Waals surface area contributed by atoms with Gasteiger partial charge in [-0.3, -0.25) is 4.79 Å². The van der Waals surface area contributed by atoms with Crippen LogP contribution < -0.4 is 9.47 Å². The Balaban J connectivity index is 1.92. The van der Waals surface area contributed by atoms with Crippen molar-refractivity contribution in [2.45, 2.75) is 38.0 Å². The molecule has 3 heteroatoms. The molecule has 0 aromatic heterocycles. The number of hydrogen-bond donors (Lipinski definition) is 0. The van der Waals surface area contributed by atoms with E-state index in [9.17, 15) is 4.79 Å². The lowest BCUT2D eigenvalue weighted by Gasteiger charge is -2.34. The maximum absolute atomic E-state index is 13.1. The van der Waals surface area contributed by atoms with Crippen molar-refractivity contribution in [3.05, 3.63) is 95.1 Å². The normalized spacial score (nSPS) is 18.7. The Bertz CT molecular complexity index is 1010. The van der Waals surface area contributed by atoms with E-state index < -0.39 is 5.92 Å². The SMILES string of the molecule is COc1ccc([C@@H]2c3cc(C(C)(C)C)ccc3OC(=O)[C@@H]2c2ccccc2)cc1. The molecular weight excluding hydrogens is 360 g/mol. The molecule has 0 bridgehead atoms. The summed E-state index contributed by atoms with van der Waals surface area (Å²) >= 11 is 0. The lowest BCUT2D eigenvalue weighted by atomic mass is 9.74. The maximum atomic E-state index is 13.1. The van der Waals surface area contributed by atoms with Crippen molar-refractivity contribution in [3.63, 3.8) is 0 Å². The van der Waals surface area contributed by atoms with E-state index in [1.807, 2.05) is 60.7 Å². The minimum absolute atomic E-state index is 0.00316. The van der Waals surface area contributed by atoms with E-state index in [2.05, 4.69) is 32.9 Å². The zero-order valence-electron chi connectivity index (χ0n) is 17.3. The van der Waals surface area contributed by atoms with E-state index in [-0.39, 0.29) is 17.3 Å². The highest BCUT2D eigenvalue weighted by Crippen LogP contribution is 2.47. The van der Waals surface area contributed by atoms with Gasteiger partial charge in [-0.2, -0.15) is 0 Å². The third kappa shape index (κ3) is 3.65. The van der Waals surface area contributed by atoms with Crippen molar-refractivity contribution in [2.75, 3.05) is 7.11 Å². The Morgan fingerprint density at radius 1 is 0.828 bits per heavy atom. The van der Waals surface area contributed by atoms with Crippen LogP contribution in [0.2, 0.25) is 0 Å². The lowest BCUT2D eigenvalue weighted by Crippen LogP contribution is -2.31. The minimum atomic E-state index is -0.396. The largest absolute Gasteiger partial charge is 0.497 e. The summed E-state index contributed by atoms with van der Waals surface area (Å²) in [4.78, 5) is 13.1. The molecule has 2 atom stereocenters. The summed E-state index contributed by atoms with van der Waals surface area (Å²) in [7, 11) is 1.66. The summed E-state index contributed by atoms with van der Waals surface area (Å²) in [6.07, 6.45) is 0. The van der Waals surface area contributed by atoms with Crippen LogP contribution in [-0.2, 0) is 10.2 Å². The molecule has 0 N–H and O–H groups in total. The van der Waals surface area contributed by atoms with Crippen molar-refractivity contribution in [1.29, 1.82) is 0 Å². The first-order chi connectivity index (χ1) is 13.9. The van der Waals surface area contributed by atoms with Crippen molar-refractivity contribution in [1.82, 2.24) is 0 Å². The lowest BCUT2D eigenvalue weighted by molar-refractivity contribution is -0.137. The fourth-order valence-corrected chi connectivity index (χ4v) is 4.01. The zero-order valence-corrected chi connectivity index (χ0v) is 17.3. The van der Waals surface area contributed by atoms with Crippen molar-refractivity contribution >= 4 is 5.97 Å². The molecule has 0 unspecified atom stereocenters. The Hall–Kier alpha value is -3.07. The standard InChI is InChI=1S/C26H26O3/c1-26(2,3)19-12-15-22-21(16-19)23(18-10-13-20(28-4)14-11-18)24(25(27)29-22)17-8-6-5-7-9-17/h5-16,23-24H,1-4H3/t23-,24-/m1/s1. The van der Waals surface area contributed by atoms with Gasteiger partial charge in [-0.25, -0.2) is 0 Å². The first-order valence-electron chi connectivity index (χ1n) is 9.93. The predicted molar refractivity (Wildman–Crippen MR) is 115 cm³/mol. The molecule has 29 heavy (non-hydrogen) atoms. The van der Waals surface area contributed by atoms with Gasteiger partial charge >= 0.3 is 5.97 Å². The van der Waals surface area contributed by atoms with Crippen LogP contribution in [0.1, 0.15) is 54.9 Å². The molecule has 3 aromatic carbocycles. The van der Waals surface area contributed by atoms with Crippen LogP contribution in [0.4, 0.5) is 0 Å². The molecule has 0 fully saturated rings. The van der Waals surface area contributed by atoms with E-state index in [1.165, 1.54) is 5.56 Å². The highest BCUT2D eigenvalue weighted by atomic mass is 16.5. The van der Waals surface area contributed by atoms with Gasteiger partial charge in [0.05, 0.1) is 13.0 Å². The molecule has 3 nitrogen and oxygen atoms in total. The van der Waals surface area contributed by atoms with E-state index in [0.29, 0.717) is 5.75 Å². The Morgan fingerprint density at radius 2 is 1.48 bits per heavy atom. The highest BCUT2D eigenvalue weighted by Gasteiger charge is 2.40. The van der Waals surface area contributed by atoms with Crippen molar-refractivity contribution < 1.29 is 14.3 Å². The Kier molecular flexibility index (Phi) is 4.91. The second-order valence-corrected chi connectivity index (χ2v) is 8.56. The van der Waals surface area contributed by atoms with Gasteiger partial charge in [0.15, 0.2) is 0 Å². The number of hydrogen-bond acceptors (Lipinski definition) is 3. The van der Waals surface area contributed by atoms with Crippen LogP contribution in [-0.4, -0.2) is 13.1 Å². The molecular formula is C26H26O3. The van der Waals surface area contributed by atoms with Crippen molar-refractivity contribution in [3.8, 4) is 11.5 Å².